The summed E-state index contributed by atoms with van der Waals surface area (Å²) >= 11 is 3.39. The number of hydrogen-bond donors (Lipinski definition) is 3. The fraction of sp³-hybridized carbons (Fsp3) is 0.222. The van der Waals surface area contributed by atoms with E-state index < -0.39 is 6.03 Å². The Hall–Kier alpha value is -2.34. The summed E-state index contributed by atoms with van der Waals surface area (Å²) in [6, 6.07) is 16.4. The van der Waals surface area contributed by atoms with Gasteiger partial charge < -0.3 is 16.0 Å². The van der Waals surface area contributed by atoms with Crippen LogP contribution in [0.25, 0.3) is 0 Å². The molecular formula is C18H20BrN3O2. The molecule has 0 aromatic heterocycles. The fourth-order valence-electron chi connectivity index (χ4n) is 2.22. The molecule has 0 saturated carbocycles. The Labute approximate surface area is 150 Å². The van der Waals surface area contributed by atoms with E-state index in [1.807, 2.05) is 49.4 Å². The first-order valence-corrected chi connectivity index (χ1v) is 8.52. The van der Waals surface area contributed by atoms with Crippen LogP contribution in [0.15, 0.2) is 59.1 Å². The SMILES string of the molecule is CCC(NC(=O)CNC(=O)Nc1ccccc1)c1ccc(Br)cc1. The third-order valence-corrected chi connectivity index (χ3v) is 3.99. The second-order valence-corrected chi connectivity index (χ2v) is 6.17. The van der Waals surface area contributed by atoms with Gasteiger partial charge in [0.05, 0.1) is 12.6 Å². The molecule has 5 nitrogen and oxygen atoms in total. The normalized spacial score (nSPS) is 11.4. The first-order valence-electron chi connectivity index (χ1n) is 7.73. The highest BCUT2D eigenvalue weighted by Gasteiger charge is 2.13. The van der Waals surface area contributed by atoms with Crippen molar-refractivity contribution in [2.24, 2.45) is 0 Å². The smallest absolute Gasteiger partial charge is 0.319 e. The molecule has 0 fully saturated rings. The summed E-state index contributed by atoms with van der Waals surface area (Å²) in [5.74, 6) is -0.229. The van der Waals surface area contributed by atoms with Crippen molar-refractivity contribution < 1.29 is 9.59 Å². The van der Waals surface area contributed by atoms with Crippen molar-refractivity contribution >= 4 is 33.6 Å². The zero-order valence-electron chi connectivity index (χ0n) is 13.4. The molecule has 0 radical (unpaired) electrons. The van der Waals surface area contributed by atoms with Crippen LogP contribution in [0.2, 0.25) is 0 Å². The number of halogens is 1. The van der Waals surface area contributed by atoms with Gasteiger partial charge in [-0.05, 0) is 36.2 Å². The van der Waals surface area contributed by atoms with Crippen LogP contribution < -0.4 is 16.0 Å². The number of urea groups is 1. The second kappa shape index (κ2) is 9.08. The molecule has 126 valence electrons. The number of hydrogen-bond acceptors (Lipinski definition) is 2. The average molecular weight is 390 g/mol. The van der Waals surface area contributed by atoms with Crippen LogP contribution in [0.3, 0.4) is 0 Å². The van der Waals surface area contributed by atoms with Crippen LogP contribution in [-0.2, 0) is 4.79 Å². The minimum atomic E-state index is -0.409. The van der Waals surface area contributed by atoms with Crippen molar-refractivity contribution in [3.05, 3.63) is 64.6 Å². The average Bonchev–Trinajstić information content (AvgIpc) is 2.59. The minimum Gasteiger partial charge on any atom is -0.348 e. The summed E-state index contributed by atoms with van der Waals surface area (Å²) in [6.45, 7) is 1.92. The molecule has 3 N–H and O–H groups in total. The molecule has 0 heterocycles. The molecular weight excluding hydrogens is 370 g/mol. The Morgan fingerprint density at radius 2 is 1.71 bits per heavy atom. The first kappa shape index (κ1) is 18.0. The number of anilines is 1. The molecule has 6 heteroatoms. The van der Waals surface area contributed by atoms with Gasteiger partial charge in [-0.25, -0.2) is 4.79 Å². The largest absolute Gasteiger partial charge is 0.348 e. The Morgan fingerprint density at radius 3 is 2.33 bits per heavy atom. The number of nitrogens with one attached hydrogen (secondary N) is 3. The monoisotopic (exact) mass is 389 g/mol. The quantitative estimate of drug-likeness (QED) is 0.702. The van der Waals surface area contributed by atoms with Crippen LogP contribution in [-0.4, -0.2) is 18.5 Å². The summed E-state index contributed by atoms with van der Waals surface area (Å²) in [4.78, 5) is 23.8. The van der Waals surface area contributed by atoms with Crippen LogP contribution >= 0.6 is 15.9 Å². The highest BCUT2D eigenvalue weighted by molar-refractivity contribution is 9.10. The lowest BCUT2D eigenvalue weighted by Gasteiger charge is -2.18. The van der Waals surface area contributed by atoms with Gasteiger partial charge in [-0.3, -0.25) is 4.79 Å². The zero-order valence-corrected chi connectivity index (χ0v) is 15.0. The molecule has 0 saturated heterocycles. The lowest BCUT2D eigenvalue weighted by atomic mass is 10.0. The predicted molar refractivity (Wildman–Crippen MR) is 98.8 cm³/mol. The molecule has 24 heavy (non-hydrogen) atoms. The van der Waals surface area contributed by atoms with E-state index in [0.29, 0.717) is 5.69 Å². The molecule has 0 aliphatic heterocycles. The van der Waals surface area contributed by atoms with E-state index in [1.165, 1.54) is 0 Å². The third kappa shape index (κ3) is 5.70. The number of amides is 3. The van der Waals surface area contributed by atoms with Crippen LogP contribution in [0, 0.1) is 0 Å². The van der Waals surface area contributed by atoms with E-state index in [1.54, 1.807) is 12.1 Å². The molecule has 2 aromatic rings. The van der Waals surface area contributed by atoms with E-state index in [0.717, 1.165) is 16.5 Å². The number of rotatable bonds is 6. The van der Waals surface area contributed by atoms with Crippen molar-refractivity contribution in [1.82, 2.24) is 10.6 Å². The van der Waals surface area contributed by atoms with Gasteiger partial charge >= 0.3 is 6.03 Å². The van der Waals surface area contributed by atoms with Crippen molar-refractivity contribution in [2.45, 2.75) is 19.4 Å². The lowest BCUT2D eigenvalue weighted by Crippen LogP contribution is -2.40. The molecule has 0 bridgehead atoms. The Balaban J connectivity index is 1.81. The lowest BCUT2D eigenvalue weighted by molar-refractivity contribution is -0.120. The van der Waals surface area contributed by atoms with Crippen molar-refractivity contribution in [3.8, 4) is 0 Å². The molecule has 1 atom stereocenters. The number of para-hydroxylation sites is 1. The van der Waals surface area contributed by atoms with Gasteiger partial charge in [-0.1, -0.05) is 53.2 Å². The van der Waals surface area contributed by atoms with E-state index >= 15 is 0 Å². The van der Waals surface area contributed by atoms with Gasteiger partial charge in [0.15, 0.2) is 0 Å². The van der Waals surface area contributed by atoms with Gasteiger partial charge in [0.1, 0.15) is 0 Å². The van der Waals surface area contributed by atoms with Gasteiger partial charge in [0.2, 0.25) is 5.91 Å². The summed E-state index contributed by atoms with van der Waals surface area (Å²) in [6.07, 6.45) is 0.767. The highest BCUT2D eigenvalue weighted by atomic mass is 79.9. The van der Waals surface area contributed by atoms with Gasteiger partial charge in [-0.2, -0.15) is 0 Å². The van der Waals surface area contributed by atoms with E-state index in [9.17, 15) is 9.59 Å². The molecule has 0 aliphatic carbocycles. The van der Waals surface area contributed by atoms with Crippen LogP contribution in [0.1, 0.15) is 24.9 Å². The molecule has 2 aromatic carbocycles. The predicted octanol–water partition coefficient (Wildman–Crippen LogP) is 3.84. The zero-order chi connectivity index (χ0) is 17.4. The van der Waals surface area contributed by atoms with Crippen LogP contribution in [0.4, 0.5) is 10.5 Å². The summed E-state index contributed by atoms with van der Waals surface area (Å²) in [5, 5.41) is 8.14. The molecule has 1 unspecified atom stereocenters. The molecule has 0 spiro atoms. The fourth-order valence-corrected chi connectivity index (χ4v) is 2.48. The van der Waals surface area contributed by atoms with E-state index in [2.05, 4.69) is 31.9 Å². The standard InChI is InChI=1S/C18H20BrN3O2/c1-2-16(13-8-10-14(19)11-9-13)22-17(23)12-20-18(24)21-15-6-4-3-5-7-15/h3-11,16H,2,12H2,1H3,(H,22,23)(H2,20,21,24). The van der Waals surface area contributed by atoms with E-state index in [4.69, 9.17) is 0 Å². The Morgan fingerprint density at radius 1 is 1.04 bits per heavy atom. The van der Waals surface area contributed by atoms with Crippen LogP contribution in [0.5, 0.6) is 0 Å². The maximum Gasteiger partial charge on any atom is 0.319 e. The van der Waals surface area contributed by atoms with Crippen molar-refractivity contribution in [3.63, 3.8) is 0 Å². The molecule has 3 amide bonds. The summed E-state index contributed by atoms with van der Waals surface area (Å²) < 4.78 is 0.992. The number of carbonyl (C=O) groups is 2. The Bertz CT molecular complexity index is 674. The summed E-state index contributed by atoms with van der Waals surface area (Å²) in [5.41, 5.74) is 1.71. The topological polar surface area (TPSA) is 70.2 Å². The minimum absolute atomic E-state index is 0.0777. The van der Waals surface area contributed by atoms with Crippen molar-refractivity contribution in [1.29, 1.82) is 0 Å². The van der Waals surface area contributed by atoms with E-state index in [-0.39, 0.29) is 18.5 Å². The van der Waals surface area contributed by atoms with Crippen molar-refractivity contribution in [2.75, 3.05) is 11.9 Å². The maximum atomic E-state index is 12.0. The molecule has 2 rings (SSSR count). The summed E-state index contributed by atoms with van der Waals surface area (Å²) in [7, 11) is 0. The maximum absolute atomic E-state index is 12.0. The first-order chi connectivity index (χ1) is 11.6. The number of carbonyl (C=O) groups excluding carboxylic acids is 2. The Kier molecular flexibility index (Phi) is 6.81. The third-order valence-electron chi connectivity index (χ3n) is 3.46. The second-order valence-electron chi connectivity index (χ2n) is 5.25. The number of benzene rings is 2. The molecule has 0 aliphatic rings. The highest BCUT2D eigenvalue weighted by Crippen LogP contribution is 2.19. The van der Waals surface area contributed by atoms with Gasteiger partial charge in [0.25, 0.3) is 0 Å². The van der Waals surface area contributed by atoms with Gasteiger partial charge in [0, 0.05) is 10.2 Å². The van der Waals surface area contributed by atoms with Gasteiger partial charge in [-0.15, -0.1) is 0 Å².